The minimum atomic E-state index is 0.0463. The summed E-state index contributed by atoms with van der Waals surface area (Å²) in [4.78, 5) is 0. The van der Waals surface area contributed by atoms with Crippen molar-refractivity contribution in [3.8, 4) is 0 Å². The highest BCUT2D eigenvalue weighted by Gasteiger charge is 1.88. The molecule has 1 unspecified atom stereocenters. The molecule has 0 aromatic heterocycles. The summed E-state index contributed by atoms with van der Waals surface area (Å²) < 4.78 is 0. The van der Waals surface area contributed by atoms with Crippen LogP contribution in [-0.2, 0) is 0 Å². The average Bonchev–Trinajstić information content (AvgIpc) is 1.65. The molecule has 0 bridgehead atoms. The molecule has 1 radical (unpaired) electrons. The molecule has 0 aromatic rings. The maximum absolute atomic E-state index is 6.48. The number of hydrogen-bond acceptors (Lipinski definition) is 2. The normalized spacial score (nSPS) is 13.7. The fourth-order valence-electron chi connectivity index (χ4n) is 0.102. The van der Waals surface area contributed by atoms with Crippen molar-refractivity contribution >= 4 is 18.8 Å². The summed E-state index contributed by atoms with van der Waals surface area (Å²) in [5.41, 5.74) is 0. The van der Waals surface area contributed by atoms with Gasteiger partial charge in [0.2, 0.25) is 0 Å². The monoisotopic (exact) mass is 102 g/mol. The zero-order valence-electron chi connectivity index (χ0n) is 3.73. The standard InChI is InChI=1S/C4H8NS/c1-2-4(6)3-5/h4-6H,2H2,1H3. The Hall–Kier alpha value is 0.0200. The van der Waals surface area contributed by atoms with E-state index in [1.54, 1.807) is 0 Å². The number of nitrogens with one attached hydrogen (secondary N) is 1. The summed E-state index contributed by atoms with van der Waals surface area (Å²) in [6, 6.07) is 0. The van der Waals surface area contributed by atoms with E-state index in [9.17, 15) is 0 Å². The van der Waals surface area contributed by atoms with Gasteiger partial charge in [-0.15, -0.1) is 0 Å². The first-order valence-corrected chi connectivity index (χ1v) is 2.43. The van der Waals surface area contributed by atoms with Crippen molar-refractivity contribution in [2.75, 3.05) is 0 Å². The Labute approximate surface area is 43.7 Å². The molecule has 6 heavy (non-hydrogen) atoms. The molecule has 0 aromatic carbocycles. The Balaban J connectivity index is 2.96. The fourth-order valence-corrected chi connectivity index (χ4v) is 0.102. The first-order chi connectivity index (χ1) is 2.81. The molecule has 0 aliphatic rings. The molecule has 2 heteroatoms. The number of hydrogen-bond donors (Lipinski definition) is 2. The van der Waals surface area contributed by atoms with Crippen LogP contribution in [-0.4, -0.2) is 11.5 Å². The SMILES string of the molecule is CCC(S)[C]=N. The van der Waals surface area contributed by atoms with Crippen LogP contribution in [0.1, 0.15) is 13.3 Å². The van der Waals surface area contributed by atoms with E-state index in [2.05, 4.69) is 18.8 Å². The largest absolute Gasteiger partial charge is 0.302 e. The predicted molar refractivity (Wildman–Crippen MR) is 30.8 cm³/mol. The van der Waals surface area contributed by atoms with Crippen molar-refractivity contribution in [2.45, 2.75) is 18.6 Å². The summed E-state index contributed by atoms with van der Waals surface area (Å²) in [6.45, 7) is 1.97. The second kappa shape index (κ2) is 3.22. The second-order valence-electron chi connectivity index (χ2n) is 1.07. The fraction of sp³-hybridized carbons (Fsp3) is 0.750. The molecule has 1 nitrogen and oxygen atoms in total. The molecular weight excluding hydrogens is 94.1 g/mol. The molecule has 0 fully saturated rings. The lowest BCUT2D eigenvalue weighted by atomic mass is 10.4. The van der Waals surface area contributed by atoms with Crippen LogP contribution in [0.25, 0.3) is 0 Å². The Kier molecular flexibility index (Phi) is 3.23. The molecule has 0 spiro atoms. The van der Waals surface area contributed by atoms with Gasteiger partial charge < -0.3 is 5.41 Å². The van der Waals surface area contributed by atoms with Gasteiger partial charge in [0.25, 0.3) is 0 Å². The van der Waals surface area contributed by atoms with Crippen LogP contribution in [0.3, 0.4) is 0 Å². The summed E-state index contributed by atoms with van der Waals surface area (Å²) >= 11 is 3.93. The molecule has 0 amide bonds. The van der Waals surface area contributed by atoms with E-state index < -0.39 is 0 Å². The summed E-state index contributed by atoms with van der Waals surface area (Å²) in [7, 11) is 0. The van der Waals surface area contributed by atoms with Gasteiger partial charge in [-0.2, -0.15) is 12.6 Å². The second-order valence-corrected chi connectivity index (χ2v) is 1.69. The van der Waals surface area contributed by atoms with Gasteiger partial charge >= 0.3 is 0 Å². The highest BCUT2D eigenvalue weighted by Crippen LogP contribution is 1.92. The van der Waals surface area contributed by atoms with Gasteiger partial charge in [0.15, 0.2) is 0 Å². The van der Waals surface area contributed by atoms with Crippen LogP contribution < -0.4 is 0 Å². The molecule has 35 valence electrons. The molecule has 0 heterocycles. The van der Waals surface area contributed by atoms with Crippen LogP contribution in [0.15, 0.2) is 0 Å². The van der Waals surface area contributed by atoms with E-state index in [0.717, 1.165) is 6.42 Å². The van der Waals surface area contributed by atoms with Crippen LogP contribution in [0.5, 0.6) is 0 Å². The lowest BCUT2D eigenvalue weighted by Gasteiger charge is -1.90. The van der Waals surface area contributed by atoms with Gasteiger partial charge in [0.05, 0.1) is 6.21 Å². The molecule has 0 aliphatic carbocycles. The molecule has 1 N–H and O–H groups in total. The van der Waals surface area contributed by atoms with Crippen molar-refractivity contribution in [2.24, 2.45) is 0 Å². The first-order valence-electron chi connectivity index (χ1n) is 1.91. The van der Waals surface area contributed by atoms with E-state index >= 15 is 0 Å². The molecular formula is C4H8NS. The van der Waals surface area contributed by atoms with E-state index in [1.807, 2.05) is 6.92 Å². The van der Waals surface area contributed by atoms with Crippen molar-refractivity contribution in [3.05, 3.63) is 0 Å². The zero-order valence-corrected chi connectivity index (χ0v) is 4.63. The van der Waals surface area contributed by atoms with E-state index in [1.165, 1.54) is 0 Å². The zero-order chi connectivity index (χ0) is 4.99. The van der Waals surface area contributed by atoms with Crippen molar-refractivity contribution in [1.29, 1.82) is 5.41 Å². The van der Waals surface area contributed by atoms with Crippen LogP contribution in [0.4, 0.5) is 0 Å². The smallest absolute Gasteiger partial charge is 0.0659 e. The Bertz CT molecular complexity index is 44.8. The summed E-state index contributed by atoms with van der Waals surface area (Å²) in [6.07, 6.45) is 3.12. The Morgan fingerprint density at radius 1 is 2.00 bits per heavy atom. The third-order valence-corrected chi connectivity index (χ3v) is 1.05. The molecule has 1 atom stereocenters. The minimum Gasteiger partial charge on any atom is -0.302 e. The van der Waals surface area contributed by atoms with E-state index in [-0.39, 0.29) is 5.25 Å². The minimum absolute atomic E-state index is 0.0463. The van der Waals surface area contributed by atoms with Gasteiger partial charge in [0.1, 0.15) is 0 Å². The van der Waals surface area contributed by atoms with Gasteiger partial charge in [-0.3, -0.25) is 0 Å². The van der Waals surface area contributed by atoms with Crippen LogP contribution >= 0.6 is 12.6 Å². The van der Waals surface area contributed by atoms with Gasteiger partial charge in [-0.25, -0.2) is 0 Å². The predicted octanol–water partition coefficient (Wildman–Crippen LogP) is 1.22. The molecule has 0 saturated carbocycles. The molecule has 0 saturated heterocycles. The summed E-state index contributed by atoms with van der Waals surface area (Å²) in [5, 5.41) is 6.53. The highest BCUT2D eigenvalue weighted by atomic mass is 32.1. The quantitative estimate of drug-likeness (QED) is 0.387. The van der Waals surface area contributed by atoms with E-state index in [0.29, 0.717) is 0 Å². The van der Waals surface area contributed by atoms with Gasteiger partial charge in [-0.1, -0.05) is 6.92 Å². The van der Waals surface area contributed by atoms with Crippen molar-refractivity contribution in [3.63, 3.8) is 0 Å². The van der Waals surface area contributed by atoms with Crippen molar-refractivity contribution < 1.29 is 0 Å². The maximum Gasteiger partial charge on any atom is 0.0659 e. The number of rotatable bonds is 2. The van der Waals surface area contributed by atoms with Crippen molar-refractivity contribution in [1.82, 2.24) is 0 Å². The van der Waals surface area contributed by atoms with Crippen LogP contribution in [0, 0.1) is 5.41 Å². The first kappa shape index (κ1) is 6.02. The third-order valence-electron chi connectivity index (χ3n) is 0.553. The summed E-state index contributed by atoms with van der Waals surface area (Å²) in [5.74, 6) is 0. The lowest BCUT2D eigenvalue weighted by molar-refractivity contribution is 1.03. The number of thiol groups is 1. The lowest BCUT2D eigenvalue weighted by Crippen LogP contribution is -1.93. The van der Waals surface area contributed by atoms with Crippen LogP contribution in [0.2, 0.25) is 0 Å². The topological polar surface area (TPSA) is 23.9 Å². The van der Waals surface area contributed by atoms with Gasteiger partial charge in [0, 0.05) is 5.25 Å². The van der Waals surface area contributed by atoms with Gasteiger partial charge in [-0.05, 0) is 6.42 Å². The Morgan fingerprint density at radius 3 is 2.50 bits per heavy atom. The maximum atomic E-state index is 6.48. The molecule has 0 rings (SSSR count). The Morgan fingerprint density at radius 2 is 2.50 bits per heavy atom. The highest BCUT2D eigenvalue weighted by molar-refractivity contribution is 7.81. The van der Waals surface area contributed by atoms with E-state index in [4.69, 9.17) is 5.41 Å². The average molecular weight is 102 g/mol. The molecule has 0 aliphatic heterocycles. The third kappa shape index (κ3) is 2.27.